The van der Waals surface area contributed by atoms with E-state index in [1.54, 1.807) is 0 Å². The Balaban J connectivity index is -0.000000125. The van der Waals surface area contributed by atoms with Crippen molar-refractivity contribution in [3.63, 3.8) is 0 Å². The van der Waals surface area contributed by atoms with Crippen molar-refractivity contribution < 1.29 is 12.4 Å². The van der Waals surface area contributed by atoms with Crippen LogP contribution in [-0.2, 0) is 0 Å². The van der Waals surface area contributed by atoms with Gasteiger partial charge in [-0.15, -0.1) is 8.07 Å². The normalized spacial score (nSPS) is 9.00. The molecule has 0 aromatic rings. The van der Waals surface area contributed by atoms with Crippen LogP contribution in [0.1, 0.15) is 6.92 Å². The van der Waals surface area contributed by atoms with Crippen LogP contribution in [-0.4, -0.2) is 31.1 Å². The minimum absolute atomic E-state index is 0. The Hall–Kier alpha value is 1.27. The zero-order valence-corrected chi connectivity index (χ0v) is 9.33. The topological polar surface area (TPSA) is 0 Å². The number of rotatable bonds is 1. The Kier molecular flexibility index (Phi) is 12.9. The van der Waals surface area contributed by atoms with Gasteiger partial charge in [-0.3, -0.25) is 0 Å². The van der Waals surface area contributed by atoms with Gasteiger partial charge in [-0.05, 0) is 0 Å². The average molecular weight is 161 g/mol. The van der Waals surface area contributed by atoms with Gasteiger partial charge in [-0.25, -0.2) is 0 Å². The molecule has 0 aliphatic heterocycles. The molecule has 8 heavy (non-hydrogen) atoms. The van der Waals surface area contributed by atoms with Crippen LogP contribution in [0.25, 0.3) is 0 Å². The molecule has 0 spiro atoms. The molecule has 0 fully saturated rings. The van der Waals surface area contributed by atoms with E-state index in [9.17, 15) is 0 Å². The van der Waals surface area contributed by atoms with Crippen LogP contribution >= 0.6 is 0 Å². The predicted octanol–water partition coefficient (Wildman–Crippen LogP) is -1.29. The Bertz CT molecular complexity index is 42.2. The van der Waals surface area contributed by atoms with E-state index in [0.717, 1.165) is 0 Å². The molecule has 0 heterocycles. The van der Waals surface area contributed by atoms with Gasteiger partial charge in [0.25, 0.3) is 0 Å². The minimum Gasteiger partial charge on any atom is -1.00 e. The van der Waals surface area contributed by atoms with Gasteiger partial charge in [0.15, 0.2) is 0 Å². The summed E-state index contributed by atoms with van der Waals surface area (Å²) in [4.78, 5) is 0. The van der Waals surface area contributed by atoms with Crippen molar-refractivity contribution in [2.24, 2.45) is 0 Å². The molecule has 0 amide bonds. The van der Waals surface area contributed by atoms with Gasteiger partial charge in [0.2, 0.25) is 0 Å². The average Bonchev–Trinajstić information content (AvgIpc) is 1.35. The molecule has 0 nitrogen and oxygen atoms in total. The standard InChI is InChI=1S/C5H13Si.ClH.Mg/c1-5-6(2,3)4;;/h5H,1-4H3;1H;/q-1;;+2/p-1. The number of hydrogen-bond acceptors (Lipinski definition) is 0. The van der Waals surface area contributed by atoms with Crippen LogP contribution in [0, 0.1) is 6.04 Å². The number of hydrogen-bond donors (Lipinski definition) is 0. The summed E-state index contributed by atoms with van der Waals surface area (Å²) in [6.07, 6.45) is 0. The predicted molar refractivity (Wildman–Crippen MR) is 39.1 cm³/mol. The van der Waals surface area contributed by atoms with Crippen molar-refractivity contribution in [2.75, 3.05) is 0 Å². The SMILES string of the molecule is C[CH-][Si](C)(C)C.[Cl-].[Mg+2]. The third-order valence-electron chi connectivity index (χ3n) is 0.866. The molecule has 0 aliphatic rings. The van der Waals surface area contributed by atoms with E-state index in [0.29, 0.717) is 0 Å². The molecule has 0 saturated carbocycles. The fourth-order valence-corrected chi connectivity index (χ4v) is 0. The maximum absolute atomic E-state index is 2.33. The fraction of sp³-hybridized carbons (Fsp3) is 0.800. The maximum atomic E-state index is 2.33. The molecule has 0 aromatic heterocycles. The minimum atomic E-state index is -0.756. The molecule has 3 heteroatoms. The van der Waals surface area contributed by atoms with Crippen LogP contribution in [0.4, 0.5) is 0 Å². The summed E-state index contributed by atoms with van der Waals surface area (Å²) < 4.78 is 0. The molecule has 46 valence electrons. The first-order valence-corrected chi connectivity index (χ1v) is 5.94. The molecule has 0 atom stereocenters. The smallest absolute Gasteiger partial charge is 1.00 e. The Morgan fingerprint density at radius 2 is 1.25 bits per heavy atom. The van der Waals surface area contributed by atoms with Crippen molar-refractivity contribution in [1.82, 2.24) is 0 Å². The first-order valence-electron chi connectivity index (χ1n) is 2.37. The second-order valence-electron chi connectivity index (χ2n) is 2.65. The van der Waals surface area contributed by atoms with Crippen LogP contribution in [0.3, 0.4) is 0 Å². The van der Waals surface area contributed by atoms with Gasteiger partial charge >= 0.3 is 23.1 Å². The van der Waals surface area contributed by atoms with Gasteiger partial charge in [0.1, 0.15) is 0 Å². The van der Waals surface area contributed by atoms with Crippen LogP contribution in [0.5, 0.6) is 0 Å². The van der Waals surface area contributed by atoms with E-state index >= 15 is 0 Å². The molecular weight excluding hydrogens is 148 g/mol. The summed E-state index contributed by atoms with van der Waals surface area (Å²) in [6, 6.07) is 2.33. The van der Waals surface area contributed by atoms with Crippen LogP contribution < -0.4 is 12.4 Å². The summed E-state index contributed by atoms with van der Waals surface area (Å²) in [5, 5.41) is 0. The maximum Gasteiger partial charge on any atom is 2.00 e. The molecule has 0 bridgehead atoms. The molecule has 0 saturated heterocycles. The molecule has 0 aromatic carbocycles. The van der Waals surface area contributed by atoms with Crippen molar-refractivity contribution >= 4 is 31.1 Å². The molecule has 0 radical (unpaired) electrons. The third-order valence-corrected chi connectivity index (χ3v) is 2.60. The second kappa shape index (κ2) is 6.39. The fourth-order valence-electron chi connectivity index (χ4n) is 0. The Morgan fingerprint density at radius 1 is 1.12 bits per heavy atom. The van der Waals surface area contributed by atoms with Crippen LogP contribution in [0.15, 0.2) is 0 Å². The second-order valence-corrected chi connectivity index (χ2v) is 7.96. The van der Waals surface area contributed by atoms with E-state index < -0.39 is 8.07 Å². The summed E-state index contributed by atoms with van der Waals surface area (Å²) in [7, 11) is -0.756. The van der Waals surface area contributed by atoms with Crippen LogP contribution in [0.2, 0.25) is 19.6 Å². The van der Waals surface area contributed by atoms with E-state index in [2.05, 4.69) is 32.6 Å². The first kappa shape index (κ1) is 16.1. The van der Waals surface area contributed by atoms with Gasteiger partial charge in [0.05, 0.1) is 0 Å². The Labute approximate surface area is 76.0 Å². The van der Waals surface area contributed by atoms with E-state index in [4.69, 9.17) is 0 Å². The zero-order chi connectivity index (χ0) is 5.21. The summed E-state index contributed by atoms with van der Waals surface area (Å²) >= 11 is 0. The number of halogens is 1. The van der Waals surface area contributed by atoms with Gasteiger partial charge in [0, 0.05) is 0 Å². The van der Waals surface area contributed by atoms with Crippen molar-refractivity contribution in [3.05, 3.63) is 6.04 Å². The van der Waals surface area contributed by atoms with Crippen molar-refractivity contribution in [3.8, 4) is 0 Å². The summed E-state index contributed by atoms with van der Waals surface area (Å²) in [6.45, 7) is 9.12. The van der Waals surface area contributed by atoms with Crippen molar-refractivity contribution in [2.45, 2.75) is 26.6 Å². The van der Waals surface area contributed by atoms with Gasteiger partial charge < -0.3 is 18.5 Å². The molecular formula is C5H13ClMgSi. The van der Waals surface area contributed by atoms with Gasteiger partial charge in [-0.2, -0.15) is 6.92 Å². The zero-order valence-electron chi connectivity index (χ0n) is 6.16. The van der Waals surface area contributed by atoms with E-state index in [1.165, 1.54) is 0 Å². The molecule has 0 aliphatic carbocycles. The van der Waals surface area contributed by atoms with Crippen molar-refractivity contribution in [1.29, 1.82) is 0 Å². The largest absolute Gasteiger partial charge is 2.00 e. The van der Waals surface area contributed by atoms with Gasteiger partial charge in [-0.1, -0.05) is 19.6 Å². The summed E-state index contributed by atoms with van der Waals surface area (Å²) in [5.74, 6) is 0. The molecule has 0 rings (SSSR count). The monoisotopic (exact) mass is 160 g/mol. The Morgan fingerprint density at radius 3 is 1.25 bits per heavy atom. The first-order chi connectivity index (χ1) is 2.56. The van der Waals surface area contributed by atoms with E-state index in [1.807, 2.05) is 0 Å². The summed E-state index contributed by atoms with van der Waals surface area (Å²) in [5.41, 5.74) is 0. The third kappa shape index (κ3) is 15.7. The quantitative estimate of drug-likeness (QED) is 0.331. The van der Waals surface area contributed by atoms with E-state index in [-0.39, 0.29) is 35.5 Å². The molecule has 0 unspecified atom stereocenters. The molecule has 0 N–H and O–H groups in total.